The summed E-state index contributed by atoms with van der Waals surface area (Å²) in [4.78, 5) is 29.7. The maximum atomic E-state index is 14.3. The molecule has 2 aromatic carbocycles. The van der Waals surface area contributed by atoms with Crippen LogP contribution in [0.2, 0.25) is 0 Å². The molecule has 10 heteroatoms. The first-order valence-electron chi connectivity index (χ1n) is 11.3. The third-order valence-corrected chi connectivity index (χ3v) is 6.41. The molecule has 3 aromatic rings. The molecule has 0 aliphatic carbocycles. The molecule has 2 aliphatic rings. The van der Waals surface area contributed by atoms with Crippen LogP contribution in [-0.2, 0) is 4.79 Å². The van der Waals surface area contributed by atoms with E-state index in [-0.39, 0.29) is 36.6 Å². The molecule has 3 heterocycles. The number of carbonyl (C=O) groups is 2. The Morgan fingerprint density at radius 3 is 2.71 bits per heavy atom. The zero-order valence-electron chi connectivity index (χ0n) is 19.3. The van der Waals surface area contributed by atoms with Crippen molar-refractivity contribution < 1.29 is 27.6 Å². The van der Waals surface area contributed by atoms with E-state index >= 15 is 0 Å². The molecule has 1 atom stereocenters. The van der Waals surface area contributed by atoms with Crippen molar-refractivity contribution in [1.29, 1.82) is 0 Å². The summed E-state index contributed by atoms with van der Waals surface area (Å²) >= 11 is 0. The molecule has 2 aliphatic heterocycles. The fraction of sp³-hybridized carbons (Fsp3) is 0.320. The van der Waals surface area contributed by atoms with E-state index in [0.29, 0.717) is 53.7 Å². The number of aryl methyl sites for hydroxylation is 2. The molecule has 0 bridgehead atoms. The number of benzene rings is 2. The van der Waals surface area contributed by atoms with E-state index in [1.165, 1.54) is 12.1 Å². The van der Waals surface area contributed by atoms with Gasteiger partial charge in [-0.15, -0.1) is 0 Å². The number of nitrogens with zero attached hydrogens (tertiary/aromatic N) is 3. The first-order chi connectivity index (χ1) is 16.8. The molecule has 0 radical (unpaired) electrons. The predicted molar refractivity (Wildman–Crippen MR) is 123 cm³/mol. The Hall–Kier alpha value is -3.79. The van der Waals surface area contributed by atoms with Crippen LogP contribution in [0.3, 0.4) is 0 Å². The Kier molecular flexibility index (Phi) is 5.98. The number of anilines is 1. The molecule has 1 aromatic heterocycles. The number of aromatic nitrogens is 1. The van der Waals surface area contributed by atoms with E-state index in [9.17, 15) is 18.4 Å². The second kappa shape index (κ2) is 9.10. The third-order valence-electron chi connectivity index (χ3n) is 6.41. The van der Waals surface area contributed by atoms with Gasteiger partial charge < -0.3 is 19.5 Å². The summed E-state index contributed by atoms with van der Waals surface area (Å²) in [5.74, 6) is -0.854. The summed E-state index contributed by atoms with van der Waals surface area (Å²) in [5, 5.41) is 6.72. The fourth-order valence-electron chi connectivity index (χ4n) is 4.59. The van der Waals surface area contributed by atoms with E-state index in [1.807, 2.05) is 4.90 Å². The smallest absolute Gasteiger partial charge is 0.259 e. The highest BCUT2D eigenvalue weighted by molar-refractivity contribution is 5.96. The van der Waals surface area contributed by atoms with Crippen LogP contribution < -0.4 is 10.1 Å². The molecule has 5 rings (SSSR count). The van der Waals surface area contributed by atoms with Gasteiger partial charge in [-0.2, -0.15) is 0 Å². The molecule has 0 unspecified atom stereocenters. The SMILES string of the molecule is Cc1noc(C)c1C(=O)N1CCN2CC(=O)Nc3cc(-c4ccc(F)cc4F)ccc3OC[C@H]2C1. The Labute approximate surface area is 200 Å². The maximum absolute atomic E-state index is 14.3. The van der Waals surface area contributed by atoms with Crippen molar-refractivity contribution in [3.8, 4) is 16.9 Å². The molecule has 182 valence electrons. The number of halogens is 2. The number of carbonyl (C=O) groups excluding carboxylic acids is 2. The van der Waals surface area contributed by atoms with Crippen molar-refractivity contribution in [2.24, 2.45) is 0 Å². The Morgan fingerprint density at radius 2 is 1.97 bits per heavy atom. The van der Waals surface area contributed by atoms with E-state index in [1.54, 1.807) is 36.9 Å². The van der Waals surface area contributed by atoms with Gasteiger partial charge >= 0.3 is 0 Å². The molecule has 0 spiro atoms. The van der Waals surface area contributed by atoms with Gasteiger partial charge in [0.05, 0.1) is 24.0 Å². The molecule has 1 fully saturated rings. The van der Waals surface area contributed by atoms with Crippen LogP contribution >= 0.6 is 0 Å². The average Bonchev–Trinajstić information content (AvgIpc) is 3.18. The fourth-order valence-corrected chi connectivity index (χ4v) is 4.59. The van der Waals surface area contributed by atoms with Gasteiger partial charge in [0.1, 0.15) is 35.3 Å². The average molecular weight is 482 g/mol. The number of amides is 2. The standard InChI is InChI=1S/C25H24F2N4O4/c1-14-24(15(2)35-29-14)25(33)31-8-7-30-12-23(32)28-21-9-16(19-5-4-17(26)10-20(19)27)3-6-22(21)34-13-18(30)11-31/h3-6,9-10,18H,7-8,11-13H2,1-2H3,(H,28,32)/t18-/m1/s1. The number of hydrogen-bond donors (Lipinski definition) is 1. The summed E-state index contributed by atoms with van der Waals surface area (Å²) in [6, 6.07) is 8.07. The van der Waals surface area contributed by atoms with E-state index < -0.39 is 11.6 Å². The predicted octanol–water partition coefficient (Wildman–Crippen LogP) is 3.39. The van der Waals surface area contributed by atoms with Crippen LogP contribution in [-0.4, -0.2) is 65.6 Å². The van der Waals surface area contributed by atoms with Crippen molar-refractivity contribution >= 4 is 17.5 Å². The normalized spacial score (nSPS) is 18.5. The topological polar surface area (TPSA) is 87.9 Å². The Morgan fingerprint density at radius 1 is 1.14 bits per heavy atom. The minimum absolute atomic E-state index is 0.121. The van der Waals surface area contributed by atoms with Crippen LogP contribution in [0.5, 0.6) is 5.75 Å². The number of hydrogen-bond acceptors (Lipinski definition) is 6. The molecular weight excluding hydrogens is 458 g/mol. The largest absolute Gasteiger partial charge is 0.490 e. The van der Waals surface area contributed by atoms with Gasteiger partial charge in [-0.3, -0.25) is 14.5 Å². The summed E-state index contributed by atoms with van der Waals surface area (Å²) in [6.07, 6.45) is 0. The van der Waals surface area contributed by atoms with Crippen molar-refractivity contribution in [2.75, 3.05) is 38.1 Å². The van der Waals surface area contributed by atoms with Crippen LogP contribution in [0.15, 0.2) is 40.9 Å². The highest BCUT2D eigenvalue weighted by Gasteiger charge is 2.34. The zero-order valence-corrected chi connectivity index (χ0v) is 19.3. The lowest BCUT2D eigenvalue weighted by Gasteiger charge is -2.40. The van der Waals surface area contributed by atoms with E-state index in [0.717, 1.165) is 6.07 Å². The van der Waals surface area contributed by atoms with Crippen molar-refractivity contribution in [2.45, 2.75) is 19.9 Å². The Balaban J connectivity index is 1.38. The van der Waals surface area contributed by atoms with Crippen LogP contribution in [0.1, 0.15) is 21.8 Å². The lowest BCUT2D eigenvalue weighted by molar-refractivity contribution is -0.118. The molecular formula is C25H24F2N4O4. The molecule has 2 amide bonds. The molecule has 1 N–H and O–H groups in total. The zero-order chi connectivity index (χ0) is 24.7. The highest BCUT2D eigenvalue weighted by Crippen LogP contribution is 2.33. The second-order valence-electron chi connectivity index (χ2n) is 8.77. The summed E-state index contributed by atoms with van der Waals surface area (Å²) in [6.45, 7) is 5.14. The quantitative estimate of drug-likeness (QED) is 0.603. The number of fused-ring (bicyclic) bond motifs is 2. The van der Waals surface area contributed by atoms with Gasteiger partial charge in [-0.1, -0.05) is 11.2 Å². The van der Waals surface area contributed by atoms with Crippen LogP contribution in [0, 0.1) is 25.5 Å². The van der Waals surface area contributed by atoms with Crippen molar-refractivity contribution in [3.05, 3.63) is 65.1 Å². The third kappa shape index (κ3) is 4.49. The monoisotopic (exact) mass is 482 g/mol. The molecule has 35 heavy (non-hydrogen) atoms. The van der Waals surface area contributed by atoms with E-state index in [2.05, 4.69) is 10.5 Å². The highest BCUT2D eigenvalue weighted by atomic mass is 19.1. The lowest BCUT2D eigenvalue weighted by atomic mass is 10.0. The number of rotatable bonds is 2. The van der Waals surface area contributed by atoms with Gasteiger partial charge in [0.25, 0.3) is 5.91 Å². The maximum Gasteiger partial charge on any atom is 0.259 e. The number of piperazine rings is 1. The minimum atomic E-state index is -0.694. The summed E-state index contributed by atoms with van der Waals surface area (Å²) < 4.78 is 38.8. The van der Waals surface area contributed by atoms with Crippen molar-refractivity contribution in [1.82, 2.24) is 15.0 Å². The minimum Gasteiger partial charge on any atom is -0.490 e. The number of ether oxygens (including phenoxy) is 1. The van der Waals surface area contributed by atoms with Gasteiger partial charge in [0.15, 0.2) is 0 Å². The van der Waals surface area contributed by atoms with Gasteiger partial charge in [-0.05, 0) is 43.7 Å². The summed E-state index contributed by atoms with van der Waals surface area (Å²) in [5.41, 5.74) is 2.11. The number of nitrogens with one attached hydrogen (secondary N) is 1. The first-order valence-corrected chi connectivity index (χ1v) is 11.3. The van der Waals surface area contributed by atoms with Crippen LogP contribution in [0.4, 0.5) is 14.5 Å². The molecule has 0 saturated carbocycles. The van der Waals surface area contributed by atoms with Crippen molar-refractivity contribution in [3.63, 3.8) is 0 Å². The van der Waals surface area contributed by atoms with Gasteiger partial charge in [0.2, 0.25) is 5.91 Å². The lowest BCUT2D eigenvalue weighted by Crippen LogP contribution is -2.58. The summed E-state index contributed by atoms with van der Waals surface area (Å²) in [7, 11) is 0. The first kappa shape index (κ1) is 23.0. The Bertz CT molecular complexity index is 1290. The molecule has 1 saturated heterocycles. The molecule has 8 nitrogen and oxygen atoms in total. The van der Waals surface area contributed by atoms with E-state index in [4.69, 9.17) is 9.26 Å². The van der Waals surface area contributed by atoms with Gasteiger partial charge in [0, 0.05) is 31.3 Å². The van der Waals surface area contributed by atoms with Gasteiger partial charge in [-0.25, -0.2) is 8.78 Å². The van der Waals surface area contributed by atoms with Crippen LogP contribution in [0.25, 0.3) is 11.1 Å². The second-order valence-corrected chi connectivity index (χ2v) is 8.77.